The molecule has 30 heavy (non-hydrogen) atoms. The number of carbonyl (C=O) groups is 1. The highest BCUT2D eigenvalue weighted by Gasteiger charge is 2.32. The normalized spacial score (nSPS) is 15.8. The molecule has 0 saturated carbocycles. The topological polar surface area (TPSA) is 87.2 Å². The number of carboxylic acids is 1. The molecule has 0 spiro atoms. The number of aliphatic carboxylic acids is 1. The van der Waals surface area contributed by atoms with E-state index in [1.54, 1.807) is 6.92 Å². The Hall–Kier alpha value is -2.29. The van der Waals surface area contributed by atoms with Crippen molar-refractivity contribution in [2.75, 3.05) is 31.1 Å². The molecule has 9 heteroatoms. The molecule has 3 rings (SSSR count). The molecule has 1 aliphatic rings. The van der Waals surface area contributed by atoms with Gasteiger partial charge in [0.05, 0.1) is 4.90 Å². The zero-order chi connectivity index (χ0) is 22.1. The van der Waals surface area contributed by atoms with Gasteiger partial charge in [-0.1, -0.05) is 11.6 Å². The maximum absolute atomic E-state index is 13.1. The number of hydrogen-bond acceptors (Lipinski definition) is 5. The zero-order valence-corrected chi connectivity index (χ0v) is 18.7. The van der Waals surface area contributed by atoms with Gasteiger partial charge in [-0.2, -0.15) is 4.31 Å². The summed E-state index contributed by atoms with van der Waals surface area (Å²) in [4.78, 5) is 13.6. The van der Waals surface area contributed by atoms with Crippen LogP contribution in [0.3, 0.4) is 0 Å². The Morgan fingerprint density at radius 1 is 1.07 bits per heavy atom. The van der Waals surface area contributed by atoms with E-state index in [1.165, 1.54) is 36.4 Å². The molecule has 162 valence electrons. The number of benzene rings is 2. The largest absolute Gasteiger partial charge is 0.478 e. The van der Waals surface area contributed by atoms with Gasteiger partial charge >= 0.3 is 5.97 Å². The van der Waals surface area contributed by atoms with E-state index in [4.69, 9.17) is 16.3 Å². The van der Waals surface area contributed by atoms with Crippen molar-refractivity contribution in [3.63, 3.8) is 0 Å². The fourth-order valence-corrected chi connectivity index (χ4v) is 4.84. The molecule has 1 N–H and O–H groups in total. The summed E-state index contributed by atoms with van der Waals surface area (Å²) in [6.07, 6.45) is 0. The van der Waals surface area contributed by atoms with Crippen LogP contribution < -0.4 is 9.64 Å². The van der Waals surface area contributed by atoms with Crippen LogP contribution in [0.1, 0.15) is 19.4 Å². The molecular formula is C21H25ClN2O5S. The maximum atomic E-state index is 13.1. The standard InChI is InChI=1S/C21H25ClN2O5S/c1-15-14-18(8-9-19(15)29-21(2,3)20(25)26)30(27,28)24-12-10-23(11-13-24)17-6-4-16(22)5-7-17/h4-9,14H,10-13H2,1-3H3,(H,25,26). The van der Waals surface area contributed by atoms with Gasteiger partial charge in [0, 0.05) is 36.9 Å². The predicted octanol–water partition coefficient (Wildman–Crippen LogP) is 3.40. The van der Waals surface area contributed by atoms with Gasteiger partial charge in [-0.3, -0.25) is 0 Å². The minimum Gasteiger partial charge on any atom is -0.478 e. The van der Waals surface area contributed by atoms with E-state index in [9.17, 15) is 18.3 Å². The van der Waals surface area contributed by atoms with Crippen LogP contribution in [0.15, 0.2) is 47.4 Å². The molecule has 1 heterocycles. The van der Waals surface area contributed by atoms with Crippen molar-refractivity contribution in [3.8, 4) is 5.75 Å². The van der Waals surface area contributed by atoms with Crippen molar-refractivity contribution in [2.24, 2.45) is 0 Å². The van der Waals surface area contributed by atoms with Gasteiger partial charge in [0.1, 0.15) is 5.75 Å². The summed E-state index contributed by atoms with van der Waals surface area (Å²) in [6.45, 7) is 6.48. The van der Waals surface area contributed by atoms with Gasteiger partial charge in [-0.15, -0.1) is 0 Å². The lowest BCUT2D eigenvalue weighted by Crippen LogP contribution is -2.48. The lowest BCUT2D eigenvalue weighted by Gasteiger charge is -2.35. The van der Waals surface area contributed by atoms with Crippen LogP contribution in [-0.4, -0.2) is 55.6 Å². The number of halogens is 1. The number of anilines is 1. The van der Waals surface area contributed by atoms with Crippen molar-refractivity contribution >= 4 is 33.3 Å². The van der Waals surface area contributed by atoms with E-state index in [2.05, 4.69) is 4.90 Å². The number of carboxylic acid groups (broad SMARTS) is 1. The lowest BCUT2D eigenvalue weighted by atomic mass is 10.1. The Morgan fingerprint density at radius 3 is 2.20 bits per heavy atom. The highest BCUT2D eigenvalue weighted by molar-refractivity contribution is 7.89. The fourth-order valence-electron chi connectivity index (χ4n) is 3.20. The SMILES string of the molecule is Cc1cc(S(=O)(=O)N2CCN(c3ccc(Cl)cc3)CC2)ccc1OC(C)(C)C(=O)O. The monoisotopic (exact) mass is 452 g/mol. The molecule has 0 bridgehead atoms. The molecule has 0 radical (unpaired) electrons. The van der Waals surface area contributed by atoms with Gasteiger partial charge in [0.25, 0.3) is 0 Å². The van der Waals surface area contributed by atoms with Crippen LogP contribution in [0.4, 0.5) is 5.69 Å². The molecule has 1 aliphatic heterocycles. The third kappa shape index (κ3) is 4.71. The van der Waals surface area contributed by atoms with Crippen LogP contribution in [0.5, 0.6) is 5.75 Å². The summed E-state index contributed by atoms with van der Waals surface area (Å²) < 4.78 is 33.2. The Kier molecular flexibility index (Phi) is 6.31. The van der Waals surface area contributed by atoms with Crippen molar-refractivity contribution in [2.45, 2.75) is 31.3 Å². The predicted molar refractivity (Wildman–Crippen MR) is 116 cm³/mol. The summed E-state index contributed by atoms with van der Waals surface area (Å²) in [5, 5.41) is 9.89. The first kappa shape index (κ1) is 22.4. The third-order valence-corrected chi connectivity index (χ3v) is 7.24. The minimum absolute atomic E-state index is 0.167. The number of ether oxygens (including phenoxy) is 1. The second kappa shape index (κ2) is 8.45. The molecule has 2 aromatic rings. The summed E-state index contributed by atoms with van der Waals surface area (Å²) in [7, 11) is -3.66. The van der Waals surface area contributed by atoms with Gasteiger partial charge in [0.2, 0.25) is 10.0 Å². The zero-order valence-electron chi connectivity index (χ0n) is 17.1. The first-order chi connectivity index (χ1) is 14.0. The molecule has 0 aliphatic carbocycles. The lowest BCUT2D eigenvalue weighted by molar-refractivity contribution is -0.152. The maximum Gasteiger partial charge on any atom is 0.347 e. The smallest absolute Gasteiger partial charge is 0.347 e. The first-order valence-corrected chi connectivity index (χ1v) is 11.4. The van der Waals surface area contributed by atoms with Crippen molar-refractivity contribution in [1.82, 2.24) is 4.31 Å². The average Bonchev–Trinajstić information content (AvgIpc) is 2.70. The molecule has 0 amide bonds. The Bertz CT molecular complexity index is 1030. The highest BCUT2D eigenvalue weighted by Crippen LogP contribution is 2.28. The summed E-state index contributed by atoms with van der Waals surface area (Å²) in [5.74, 6) is -0.758. The number of rotatable bonds is 6. The third-order valence-electron chi connectivity index (χ3n) is 5.09. The van der Waals surface area contributed by atoms with Crippen molar-refractivity contribution in [1.29, 1.82) is 0 Å². The number of piperazine rings is 1. The average molecular weight is 453 g/mol. The minimum atomic E-state index is -3.66. The molecule has 1 saturated heterocycles. The number of nitrogens with zero attached hydrogens (tertiary/aromatic N) is 2. The number of aryl methyl sites for hydroxylation is 1. The van der Waals surface area contributed by atoms with Crippen LogP contribution in [0.25, 0.3) is 0 Å². The number of hydrogen-bond donors (Lipinski definition) is 1. The summed E-state index contributed by atoms with van der Waals surface area (Å²) in [6, 6.07) is 12.0. The van der Waals surface area contributed by atoms with Gasteiger partial charge in [0.15, 0.2) is 5.60 Å². The number of sulfonamides is 1. The fraction of sp³-hybridized carbons (Fsp3) is 0.381. The summed E-state index contributed by atoms with van der Waals surface area (Å²) in [5.41, 5.74) is 0.156. The van der Waals surface area contributed by atoms with Gasteiger partial charge in [-0.05, 0) is 68.8 Å². The van der Waals surface area contributed by atoms with E-state index in [-0.39, 0.29) is 4.90 Å². The summed E-state index contributed by atoms with van der Waals surface area (Å²) >= 11 is 5.93. The van der Waals surface area contributed by atoms with E-state index in [0.29, 0.717) is 42.5 Å². The molecular weight excluding hydrogens is 428 g/mol. The van der Waals surface area contributed by atoms with Crippen LogP contribution in [0.2, 0.25) is 5.02 Å². The highest BCUT2D eigenvalue weighted by atomic mass is 35.5. The quantitative estimate of drug-likeness (QED) is 0.722. The second-order valence-electron chi connectivity index (χ2n) is 7.71. The van der Waals surface area contributed by atoms with Gasteiger partial charge < -0.3 is 14.7 Å². The molecule has 7 nitrogen and oxygen atoms in total. The Labute approximate surface area is 181 Å². The molecule has 0 atom stereocenters. The molecule has 0 unspecified atom stereocenters. The van der Waals surface area contributed by atoms with E-state index < -0.39 is 21.6 Å². The Balaban J connectivity index is 1.72. The first-order valence-electron chi connectivity index (χ1n) is 9.54. The van der Waals surface area contributed by atoms with Crippen LogP contribution in [0, 0.1) is 6.92 Å². The second-order valence-corrected chi connectivity index (χ2v) is 10.1. The molecule has 0 aromatic heterocycles. The van der Waals surface area contributed by atoms with Crippen molar-refractivity contribution in [3.05, 3.63) is 53.1 Å². The van der Waals surface area contributed by atoms with E-state index in [0.717, 1.165) is 5.69 Å². The molecule has 2 aromatic carbocycles. The van der Waals surface area contributed by atoms with E-state index in [1.807, 2.05) is 24.3 Å². The van der Waals surface area contributed by atoms with Crippen LogP contribution in [-0.2, 0) is 14.8 Å². The van der Waals surface area contributed by atoms with Crippen molar-refractivity contribution < 1.29 is 23.1 Å². The Morgan fingerprint density at radius 2 is 1.67 bits per heavy atom. The van der Waals surface area contributed by atoms with E-state index >= 15 is 0 Å². The van der Waals surface area contributed by atoms with Gasteiger partial charge in [-0.25, -0.2) is 13.2 Å². The molecule has 1 fully saturated rings. The van der Waals surface area contributed by atoms with Crippen LogP contribution >= 0.6 is 11.6 Å².